The van der Waals surface area contributed by atoms with Crippen molar-refractivity contribution in [2.45, 2.75) is 19.8 Å². The van der Waals surface area contributed by atoms with Crippen LogP contribution in [0.5, 0.6) is 5.75 Å². The number of aromatic amines is 1. The summed E-state index contributed by atoms with van der Waals surface area (Å²) in [4.78, 5) is 41.1. The Morgan fingerprint density at radius 1 is 1.17 bits per heavy atom. The Bertz CT molecular complexity index is 1520. The highest BCUT2D eigenvalue weighted by Crippen LogP contribution is 2.49. The van der Waals surface area contributed by atoms with E-state index >= 15 is 0 Å². The molecule has 0 fully saturated rings. The van der Waals surface area contributed by atoms with Crippen LogP contribution in [0.1, 0.15) is 19.0 Å². The first-order valence-corrected chi connectivity index (χ1v) is 16.1. The highest BCUT2D eigenvalue weighted by molar-refractivity contribution is 8.54. The van der Waals surface area contributed by atoms with Crippen LogP contribution < -0.4 is 15.4 Å². The molecule has 12 nitrogen and oxygen atoms in total. The average molecular weight is 604 g/mol. The first kappa shape index (κ1) is 30.4. The van der Waals surface area contributed by atoms with E-state index in [0.717, 1.165) is 24.9 Å². The lowest BCUT2D eigenvalue weighted by Crippen LogP contribution is -2.28. The minimum absolute atomic E-state index is 0.0266. The number of ether oxygens (including phenoxy) is 1. The number of H-pyrrole nitrogens is 1. The molecule has 218 valence electrons. The summed E-state index contributed by atoms with van der Waals surface area (Å²) < 4.78 is 30.2. The van der Waals surface area contributed by atoms with Gasteiger partial charge in [0.05, 0.1) is 18.5 Å². The zero-order valence-corrected chi connectivity index (χ0v) is 24.0. The second-order valence-electron chi connectivity index (χ2n) is 9.00. The molecule has 0 radical (unpaired) electrons. The maximum absolute atomic E-state index is 13.3. The number of rotatable bonds is 15. The number of aromatic nitrogens is 4. The van der Waals surface area contributed by atoms with E-state index in [1.807, 2.05) is 25.1 Å². The summed E-state index contributed by atoms with van der Waals surface area (Å²) >= 11 is 0.664. The molecule has 0 spiro atoms. The third-order valence-corrected chi connectivity index (χ3v) is 8.20. The first-order valence-electron chi connectivity index (χ1n) is 12.9. The number of nitrogens with one attached hydrogen (secondary N) is 3. The molecule has 15 heteroatoms. The molecule has 4 rings (SSSR count). The highest BCUT2D eigenvalue weighted by Gasteiger charge is 2.14. The zero-order chi connectivity index (χ0) is 29.2. The maximum Gasteiger partial charge on any atom is 0.384 e. The van der Waals surface area contributed by atoms with Gasteiger partial charge in [0.2, 0.25) is 5.91 Å². The van der Waals surface area contributed by atoms with Gasteiger partial charge in [-0.15, -0.1) is 0 Å². The van der Waals surface area contributed by atoms with E-state index < -0.39 is 12.6 Å². The van der Waals surface area contributed by atoms with Crippen molar-refractivity contribution in [3.8, 4) is 5.75 Å². The summed E-state index contributed by atoms with van der Waals surface area (Å²) in [5.74, 6) is 1.29. The van der Waals surface area contributed by atoms with Crippen molar-refractivity contribution in [3.05, 3.63) is 66.4 Å². The number of anilines is 3. The molecule has 0 aliphatic rings. The molecule has 2 aromatic carbocycles. The fraction of sp³-hybridized carbons (Fsp3) is 0.308. The van der Waals surface area contributed by atoms with Gasteiger partial charge in [0.15, 0.2) is 5.82 Å². The smallest absolute Gasteiger partial charge is 0.384 e. The topological polar surface area (TPSA) is 166 Å². The second kappa shape index (κ2) is 14.4. The van der Waals surface area contributed by atoms with E-state index in [1.54, 1.807) is 12.1 Å². The zero-order valence-electron chi connectivity index (χ0n) is 22.3. The van der Waals surface area contributed by atoms with Gasteiger partial charge in [-0.3, -0.25) is 9.89 Å². The van der Waals surface area contributed by atoms with Gasteiger partial charge in [0, 0.05) is 47.7 Å². The SMILES string of the molecule is CCN(CCCOc1ccc2c(Nc3cc(CC(=O)Nc4cccc(F)c4)[nH]n3)ncnc2c1)CCSP(=O)(O)O. The summed E-state index contributed by atoms with van der Waals surface area (Å²) in [5.41, 5.74) is 1.62. The van der Waals surface area contributed by atoms with Crippen LogP contribution in [0.2, 0.25) is 0 Å². The van der Waals surface area contributed by atoms with Crippen LogP contribution in [0.15, 0.2) is 54.9 Å². The number of amides is 1. The summed E-state index contributed by atoms with van der Waals surface area (Å²) in [6.07, 6.45) is 2.22. The Balaban J connectivity index is 1.28. The van der Waals surface area contributed by atoms with E-state index in [-0.39, 0.29) is 12.3 Å². The molecular formula is C26H31FN7O5PS. The van der Waals surface area contributed by atoms with Crippen molar-refractivity contribution in [2.75, 3.05) is 42.6 Å². The number of benzene rings is 2. The van der Waals surface area contributed by atoms with Crippen LogP contribution >= 0.6 is 18.2 Å². The Labute approximate surface area is 240 Å². The van der Waals surface area contributed by atoms with Gasteiger partial charge in [-0.2, -0.15) is 5.10 Å². The molecule has 1 amide bonds. The van der Waals surface area contributed by atoms with Crippen molar-refractivity contribution in [3.63, 3.8) is 0 Å². The number of carbonyl (C=O) groups is 1. The predicted octanol–water partition coefficient (Wildman–Crippen LogP) is 4.33. The molecule has 4 aromatic rings. The maximum atomic E-state index is 13.3. The third kappa shape index (κ3) is 9.80. The quantitative estimate of drug-likeness (QED) is 0.0970. The van der Waals surface area contributed by atoms with Crippen LogP contribution in [0, 0.1) is 5.82 Å². The Morgan fingerprint density at radius 2 is 2.02 bits per heavy atom. The average Bonchev–Trinajstić information content (AvgIpc) is 3.35. The van der Waals surface area contributed by atoms with Gasteiger partial charge in [0.1, 0.15) is 23.7 Å². The van der Waals surface area contributed by atoms with Crippen LogP contribution in [0.4, 0.5) is 21.7 Å². The molecular weight excluding hydrogens is 572 g/mol. The molecule has 0 aliphatic carbocycles. The molecule has 41 heavy (non-hydrogen) atoms. The molecule has 0 unspecified atom stereocenters. The summed E-state index contributed by atoms with van der Waals surface area (Å²) in [6.45, 7) is 0.566. The van der Waals surface area contributed by atoms with Gasteiger partial charge in [-0.05, 0) is 54.7 Å². The fourth-order valence-electron chi connectivity index (χ4n) is 4.00. The largest absolute Gasteiger partial charge is 0.493 e. The number of hydrogen-bond acceptors (Lipinski definition) is 9. The fourth-order valence-corrected chi connectivity index (χ4v) is 5.54. The van der Waals surface area contributed by atoms with E-state index in [2.05, 4.69) is 35.7 Å². The number of nitrogens with zero attached hydrogens (tertiary/aromatic N) is 4. The van der Waals surface area contributed by atoms with Gasteiger partial charge >= 0.3 is 6.80 Å². The van der Waals surface area contributed by atoms with Crippen molar-refractivity contribution in [1.82, 2.24) is 25.1 Å². The Morgan fingerprint density at radius 3 is 2.80 bits per heavy atom. The van der Waals surface area contributed by atoms with Gasteiger partial charge in [0.25, 0.3) is 0 Å². The summed E-state index contributed by atoms with van der Waals surface area (Å²) in [7, 11) is 0. The van der Waals surface area contributed by atoms with Crippen LogP contribution in [0.25, 0.3) is 10.9 Å². The van der Waals surface area contributed by atoms with Crippen LogP contribution in [0.3, 0.4) is 0 Å². The van der Waals surface area contributed by atoms with Crippen molar-refractivity contribution in [2.24, 2.45) is 0 Å². The Kier molecular flexibility index (Phi) is 10.7. The minimum atomic E-state index is -4.04. The van der Waals surface area contributed by atoms with Gasteiger partial charge in [-0.25, -0.2) is 18.9 Å². The molecule has 0 atom stereocenters. The van der Waals surface area contributed by atoms with Crippen LogP contribution in [-0.2, 0) is 15.8 Å². The first-order chi connectivity index (χ1) is 19.7. The van der Waals surface area contributed by atoms with Crippen molar-refractivity contribution < 1.29 is 28.3 Å². The molecule has 5 N–H and O–H groups in total. The number of fused-ring (bicyclic) bond motifs is 1. The van der Waals surface area contributed by atoms with Crippen molar-refractivity contribution >= 4 is 52.3 Å². The van der Waals surface area contributed by atoms with E-state index in [1.165, 1.54) is 24.5 Å². The molecule has 0 saturated heterocycles. The normalized spacial score (nSPS) is 11.6. The predicted molar refractivity (Wildman–Crippen MR) is 157 cm³/mol. The summed E-state index contributed by atoms with van der Waals surface area (Å²) in [6, 6.07) is 12.9. The molecule has 0 saturated carbocycles. The molecule has 2 heterocycles. The monoisotopic (exact) mass is 603 g/mol. The lowest BCUT2D eigenvalue weighted by atomic mass is 10.2. The van der Waals surface area contributed by atoms with Gasteiger partial charge in [-0.1, -0.05) is 13.0 Å². The third-order valence-electron chi connectivity index (χ3n) is 5.95. The summed E-state index contributed by atoms with van der Waals surface area (Å²) in [5, 5.41) is 13.6. The molecule has 2 aromatic heterocycles. The minimum Gasteiger partial charge on any atom is -0.493 e. The molecule has 0 bridgehead atoms. The number of carbonyl (C=O) groups excluding carboxylic acids is 1. The number of halogens is 1. The second-order valence-corrected chi connectivity index (χ2v) is 12.8. The van der Waals surface area contributed by atoms with Crippen molar-refractivity contribution in [1.29, 1.82) is 0 Å². The number of hydrogen-bond donors (Lipinski definition) is 5. The van der Waals surface area contributed by atoms with Crippen LogP contribution in [-0.4, -0.2) is 72.8 Å². The van der Waals surface area contributed by atoms with E-state index in [9.17, 15) is 13.8 Å². The lowest BCUT2D eigenvalue weighted by Gasteiger charge is -2.20. The lowest BCUT2D eigenvalue weighted by molar-refractivity contribution is -0.115. The Hall–Kier alpha value is -3.55. The standard InChI is InChI=1S/C26H31FN7O5PS/c1-2-34(10-12-41-40(36,37)38)9-4-11-39-21-7-8-22-23(16-21)28-17-29-26(22)31-24-14-20(32-33-24)15-25(35)30-19-6-3-5-18(27)13-19/h3,5-8,13-14,16-17H,2,4,9-12,15H2,1H3,(H,30,35)(H2,36,37,38)(H2,28,29,31,32,33). The molecule has 0 aliphatic heterocycles. The van der Waals surface area contributed by atoms with E-state index in [4.69, 9.17) is 14.5 Å². The van der Waals surface area contributed by atoms with E-state index in [0.29, 0.717) is 64.6 Å². The van der Waals surface area contributed by atoms with Gasteiger partial charge < -0.3 is 30.1 Å². The highest BCUT2D eigenvalue weighted by atomic mass is 32.7.